The second-order valence-electron chi connectivity index (χ2n) is 18.0. The van der Waals surface area contributed by atoms with Gasteiger partial charge in [-0.15, -0.1) is 0 Å². The van der Waals surface area contributed by atoms with E-state index in [2.05, 4.69) is 83.5 Å². The van der Waals surface area contributed by atoms with Gasteiger partial charge in [0, 0.05) is 29.3 Å². The first-order chi connectivity index (χ1) is 32.2. The molecule has 0 aliphatic heterocycles. The van der Waals surface area contributed by atoms with Gasteiger partial charge in [0.1, 0.15) is 23.7 Å². The molecule has 348 valence electrons. The Morgan fingerprint density at radius 2 is 1.22 bits per heavy atom. The van der Waals surface area contributed by atoms with Crippen LogP contribution in [0.5, 0.6) is 0 Å². The first kappa shape index (κ1) is 46.1. The Bertz CT molecular complexity index is 2990. The highest BCUT2D eigenvalue weighted by molar-refractivity contribution is 6.07. The Morgan fingerprint density at radius 3 is 1.73 bits per heavy atom. The fraction of sp³-hybridized carbons (Fsp3) is 0.346. The van der Waals surface area contributed by atoms with Crippen LogP contribution in [-0.2, 0) is 36.9 Å². The van der Waals surface area contributed by atoms with Crippen molar-refractivity contribution in [2.24, 2.45) is 23.7 Å². The molecule has 2 aromatic heterocycles. The number of hydrogen-bond acceptors (Lipinski definition) is 9. The second kappa shape index (κ2) is 19.2. The lowest BCUT2D eigenvalue weighted by Crippen LogP contribution is -2.52. The fourth-order valence-electron chi connectivity index (χ4n) is 9.14. The van der Waals surface area contributed by atoms with Crippen LogP contribution in [0, 0.1) is 23.7 Å². The smallest absolute Gasteiger partial charge is 0.407 e. The van der Waals surface area contributed by atoms with Gasteiger partial charge in [0.2, 0.25) is 11.8 Å². The molecule has 7 aromatic rings. The van der Waals surface area contributed by atoms with Gasteiger partial charge in [-0.1, -0.05) is 108 Å². The summed E-state index contributed by atoms with van der Waals surface area (Å²) in [7, 11) is 4.11. The first-order valence-corrected chi connectivity index (χ1v) is 22.6. The summed E-state index contributed by atoms with van der Waals surface area (Å²) in [4.78, 5) is 73.5. The number of carbonyl (C=O) groups is 4. The third kappa shape index (κ3) is 9.49. The minimum absolute atomic E-state index is 0.0351. The highest BCUT2D eigenvalue weighted by Gasteiger charge is 2.50. The monoisotopic (exact) mass is 906 g/mol. The Balaban J connectivity index is 1.05. The SMILES string of the molecule is C=C(OC)C(C)CN(Cc1nc2ccc3cc(-c4ccc5c(ccc6nc(CN(C(=O)C(NC(=O)OC)C(C)C)C7C(C)C7C)[nH]c65)c4)ccc3c2[nH]1)C(=O)C(NC(=O)OC)c1ccccc1. The van der Waals surface area contributed by atoms with Crippen LogP contribution in [0.2, 0.25) is 0 Å². The molecule has 67 heavy (non-hydrogen) atoms. The molecule has 4 amide bonds. The minimum atomic E-state index is -1.01. The molecule has 0 radical (unpaired) electrons. The quantitative estimate of drug-likeness (QED) is 0.0688. The summed E-state index contributed by atoms with van der Waals surface area (Å²) < 4.78 is 15.2. The van der Waals surface area contributed by atoms with E-state index in [-0.39, 0.29) is 49.3 Å². The van der Waals surface area contributed by atoms with Gasteiger partial charge in [-0.2, -0.15) is 0 Å². The number of alkyl carbamates (subject to hydrolysis) is 2. The molecule has 8 rings (SSSR count). The molecule has 0 bridgehead atoms. The number of hydrogen-bond donors (Lipinski definition) is 4. The Labute approximate surface area is 389 Å². The van der Waals surface area contributed by atoms with Crippen molar-refractivity contribution in [1.82, 2.24) is 40.4 Å². The average Bonchev–Trinajstić information content (AvgIpc) is 3.63. The highest BCUT2D eigenvalue weighted by atomic mass is 16.5. The molecule has 4 N–H and O–H groups in total. The number of carbonyl (C=O) groups excluding carboxylic acids is 4. The summed E-state index contributed by atoms with van der Waals surface area (Å²) in [5.41, 5.74) is 5.98. The maximum atomic E-state index is 14.4. The summed E-state index contributed by atoms with van der Waals surface area (Å²) >= 11 is 0. The maximum Gasteiger partial charge on any atom is 0.407 e. The van der Waals surface area contributed by atoms with Crippen LogP contribution in [-0.4, -0.2) is 93.7 Å². The third-order valence-electron chi connectivity index (χ3n) is 13.3. The summed E-state index contributed by atoms with van der Waals surface area (Å²) in [5, 5.41) is 9.50. The molecule has 1 aliphatic rings. The fourth-order valence-corrected chi connectivity index (χ4v) is 9.14. The van der Waals surface area contributed by atoms with Crippen LogP contribution in [0.3, 0.4) is 0 Å². The maximum absolute atomic E-state index is 14.4. The van der Waals surface area contributed by atoms with Crippen molar-refractivity contribution >= 4 is 67.6 Å². The lowest BCUT2D eigenvalue weighted by atomic mass is 9.98. The molecule has 0 saturated heterocycles. The van der Waals surface area contributed by atoms with Crippen molar-refractivity contribution in [3.63, 3.8) is 0 Å². The molecule has 2 heterocycles. The lowest BCUT2D eigenvalue weighted by molar-refractivity contribution is -0.136. The average molecular weight is 907 g/mol. The van der Waals surface area contributed by atoms with Crippen LogP contribution in [0.15, 0.2) is 103 Å². The van der Waals surface area contributed by atoms with Crippen LogP contribution >= 0.6 is 0 Å². The molecule has 0 spiro atoms. The van der Waals surface area contributed by atoms with E-state index in [1.165, 1.54) is 14.2 Å². The standard InChI is InChI=1S/C52H58N8O7/c1-28(2)44(57-51(63)66-8)50(62)60(48-30(4)31(48)5)27-43-54-41-22-18-37-24-35(16-20-39(37)47(41)56-43)34-15-19-38-36(23-34)17-21-40-46(38)55-42(53-40)26-59(25-29(3)32(6)65-7)49(61)45(58-52(64)67-9)33-13-11-10-12-14-33/h10-24,28-31,44-45,48H,6,25-27H2,1-5,7-9H3,(H,53,55)(H,54,56)(H,57,63)(H,58,64). The summed E-state index contributed by atoms with van der Waals surface area (Å²) in [6, 6.07) is 28.1. The topological polar surface area (TPSA) is 184 Å². The van der Waals surface area contributed by atoms with Gasteiger partial charge in [-0.25, -0.2) is 19.6 Å². The number of amides is 4. The summed E-state index contributed by atoms with van der Waals surface area (Å²) in [6.45, 7) is 14.7. The number of H-pyrrole nitrogens is 2. The number of rotatable bonds is 16. The van der Waals surface area contributed by atoms with Crippen molar-refractivity contribution in [3.05, 3.63) is 121 Å². The number of aromatic nitrogens is 4. The number of aromatic amines is 2. The molecule has 5 aromatic carbocycles. The van der Waals surface area contributed by atoms with Gasteiger partial charge < -0.3 is 44.6 Å². The van der Waals surface area contributed by atoms with Crippen molar-refractivity contribution in [1.29, 1.82) is 0 Å². The summed E-state index contributed by atoms with van der Waals surface area (Å²) in [6.07, 6.45) is -1.36. The van der Waals surface area contributed by atoms with E-state index in [0.717, 1.165) is 54.7 Å². The number of ether oxygens (including phenoxy) is 3. The molecule has 15 nitrogen and oxygen atoms in total. The Kier molecular flexibility index (Phi) is 13.2. The molecule has 1 fully saturated rings. The summed E-state index contributed by atoms with van der Waals surface area (Å²) in [5.74, 6) is 1.56. The minimum Gasteiger partial charge on any atom is -0.501 e. The van der Waals surface area contributed by atoms with E-state index < -0.39 is 24.3 Å². The van der Waals surface area contributed by atoms with Crippen molar-refractivity contribution in [2.45, 2.75) is 65.8 Å². The first-order valence-electron chi connectivity index (χ1n) is 22.6. The zero-order valence-corrected chi connectivity index (χ0v) is 39.2. The van der Waals surface area contributed by atoms with Gasteiger partial charge in [-0.3, -0.25) is 9.59 Å². The molecule has 1 saturated carbocycles. The number of benzene rings is 5. The predicted molar refractivity (Wildman–Crippen MR) is 258 cm³/mol. The van der Waals surface area contributed by atoms with E-state index >= 15 is 0 Å². The molecule has 15 heteroatoms. The lowest BCUT2D eigenvalue weighted by Gasteiger charge is -2.29. The number of nitrogens with zero attached hydrogens (tertiary/aromatic N) is 4. The molecular weight excluding hydrogens is 849 g/mol. The van der Waals surface area contributed by atoms with Crippen molar-refractivity contribution in [2.75, 3.05) is 27.9 Å². The van der Waals surface area contributed by atoms with Crippen LogP contribution in [0.25, 0.3) is 54.7 Å². The molecule has 5 atom stereocenters. The Morgan fingerprint density at radius 1 is 0.687 bits per heavy atom. The number of methoxy groups -OCH3 is 3. The van der Waals surface area contributed by atoms with Gasteiger partial charge in [0.05, 0.1) is 62.2 Å². The predicted octanol–water partition coefficient (Wildman–Crippen LogP) is 9.00. The third-order valence-corrected chi connectivity index (χ3v) is 13.3. The molecule has 1 aliphatic carbocycles. The van der Waals surface area contributed by atoms with E-state index in [1.54, 1.807) is 24.1 Å². The Hall–Kier alpha value is -7.42. The molecule has 5 unspecified atom stereocenters. The van der Waals surface area contributed by atoms with Gasteiger partial charge in [-0.05, 0) is 69.5 Å². The van der Waals surface area contributed by atoms with E-state index in [1.807, 2.05) is 62.1 Å². The van der Waals surface area contributed by atoms with Crippen LogP contribution in [0.4, 0.5) is 9.59 Å². The zero-order chi connectivity index (χ0) is 47.7. The van der Waals surface area contributed by atoms with Gasteiger partial charge in [0.15, 0.2) is 0 Å². The molecular formula is C52H58N8O7. The second-order valence-corrected chi connectivity index (χ2v) is 18.0. The number of fused-ring (bicyclic) bond motifs is 6. The van der Waals surface area contributed by atoms with Crippen molar-refractivity contribution < 1.29 is 33.4 Å². The number of nitrogens with one attached hydrogen (secondary N) is 4. The number of imidazole rings is 2. The van der Waals surface area contributed by atoms with Crippen LogP contribution in [0.1, 0.15) is 57.9 Å². The van der Waals surface area contributed by atoms with E-state index in [0.29, 0.717) is 34.8 Å². The van der Waals surface area contributed by atoms with Crippen LogP contribution < -0.4 is 10.6 Å². The largest absolute Gasteiger partial charge is 0.501 e. The van der Waals surface area contributed by atoms with E-state index in [9.17, 15) is 19.2 Å². The van der Waals surface area contributed by atoms with Gasteiger partial charge in [0.25, 0.3) is 0 Å². The normalized spacial score (nSPS) is 16.9. The van der Waals surface area contributed by atoms with E-state index in [4.69, 9.17) is 24.2 Å². The zero-order valence-electron chi connectivity index (χ0n) is 39.2. The van der Waals surface area contributed by atoms with Crippen molar-refractivity contribution in [3.8, 4) is 11.1 Å². The highest BCUT2D eigenvalue weighted by Crippen LogP contribution is 2.43. The van der Waals surface area contributed by atoms with Gasteiger partial charge >= 0.3 is 12.2 Å².